The lowest BCUT2D eigenvalue weighted by molar-refractivity contribution is -0.144. The van der Waals surface area contributed by atoms with E-state index in [1.54, 1.807) is 18.2 Å². The predicted molar refractivity (Wildman–Crippen MR) is 76.8 cm³/mol. The van der Waals surface area contributed by atoms with E-state index in [1.807, 2.05) is 0 Å². The van der Waals surface area contributed by atoms with Gasteiger partial charge in [-0.25, -0.2) is 4.79 Å². The van der Waals surface area contributed by atoms with E-state index in [-0.39, 0.29) is 5.91 Å². The molecule has 0 saturated heterocycles. The van der Waals surface area contributed by atoms with Crippen molar-refractivity contribution in [2.24, 2.45) is 0 Å². The zero-order chi connectivity index (χ0) is 14.4. The normalized spacial score (nSPS) is 11.8. The van der Waals surface area contributed by atoms with Crippen LogP contribution < -0.4 is 5.32 Å². The van der Waals surface area contributed by atoms with E-state index in [4.69, 9.17) is 23.2 Å². The molecule has 0 fully saturated rings. The standard InChI is InChI=1S/C12H13Cl2NO3S/c1-7(16)15-11(12(17)18-2)6-19-8-3-4-9(13)10(14)5-8/h3-5,11H,6H2,1-2H3,(H,15,16). The minimum atomic E-state index is -0.693. The lowest BCUT2D eigenvalue weighted by Gasteiger charge is -2.15. The molecular formula is C12H13Cl2NO3S. The highest BCUT2D eigenvalue weighted by Gasteiger charge is 2.20. The Kier molecular flexibility index (Phi) is 6.48. The molecule has 0 bridgehead atoms. The van der Waals surface area contributed by atoms with E-state index in [0.717, 1.165) is 4.90 Å². The van der Waals surface area contributed by atoms with Gasteiger partial charge in [-0.3, -0.25) is 4.79 Å². The SMILES string of the molecule is COC(=O)C(CSc1ccc(Cl)c(Cl)c1)NC(C)=O. The molecule has 1 aromatic rings. The molecular weight excluding hydrogens is 309 g/mol. The zero-order valence-corrected chi connectivity index (χ0v) is 12.7. The third-order valence-corrected chi connectivity index (χ3v) is 4.00. The minimum Gasteiger partial charge on any atom is -0.467 e. The molecule has 19 heavy (non-hydrogen) atoms. The number of thioether (sulfide) groups is 1. The van der Waals surface area contributed by atoms with E-state index in [1.165, 1.54) is 25.8 Å². The molecule has 1 unspecified atom stereocenters. The first kappa shape index (κ1) is 16.1. The summed E-state index contributed by atoms with van der Waals surface area (Å²) in [5.74, 6) is -0.419. The highest BCUT2D eigenvalue weighted by Crippen LogP contribution is 2.28. The number of rotatable bonds is 5. The Hall–Kier alpha value is -0.910. The van der Waals surface area contributed by atoms with Gasteiger partial charge >= 0.3 is 5.97 Å². The summed E-state index contributed by atoms with van der Waals surface area (Å²) in [4.78, 5) is 23.4. The lowest BCUT2D eigenvalue weighted by atomic mass is 10.3. The molecule has 1 atom stereocenters. The monoisotopic (exact) mass is 321 g/mol. The zero-order valence-electron chi connectivity index (χ0n) is 10.4. The molecule has 1 N–H and O–H groups in total. The topological polar surface area (TPSA) is 55.4 Å². The van der Waals surface area contributed by atoms with Crippen LogP contribution in [0.25, 0.3) is 0 Å². The summed E-state index contributed by atoms with van der Waals surface area (Å²) < 4.78 is 4.63. The molecule has 4 nitrogen and oxygen atoms in total. The Morgan fingerprint density at radius 2 is 2.05 bits per heavy atom. The van der Waals surface area contributed by atoms with Gasteiger partial charge in [0.15, 0.2) is 0 Å². The van der Waals surface area contributed by atoms with Crippen LogP contribution in [-0.4, -0.2) is 30.8 Å². The summed E-state index contributed by atoms with van der Waals surface area (Å²) in [5.41, 5.74) is 0. The number of nitrogens with one attached hydrogen (secondary N) is 1. The van der Waals surface area contributed by atoms with Gasteiger partial charge in [-0.15, -0.1) is 11.8 Å². The molecule has 0 aliphatic carbocycles. The van der Waals surface area contributed by atoms with Gasteiger partial charge in [0.2, 0.25) is 5.91 Å². The molecule has 0 radical (unpaired) electrons. The second-order valence-electron chi connectivity index (χ2n) is 3.66. The molecule has 7 heteroatoms. The first-order valence-corrected chi connectivity index (χ1v) is 7.11. The van der Waals surface area contributed by atoms with Crippen molar-refractivity contribution in [3.8, 4) is 0 Å². The van der Waals surface area contributed by atoms with Crippen molar-refractivity contribution in [3.05, 3.63) is 28.2 Å². The molecule has 1 aromatic carbocycles. The van der Waals surface area contributed by atoms with Crippen molar-refractivity contribution in [1.82, 2.24) is 5.32 Å². The number of carbonyl (C=O) groups is 2. The van der Waals surface area contributed by atoms with E-state index in [9.17, 15) is 9.59 Å². The molecule has 104 valence electrons. The molecule has 0 heterocycles. The second-order valence-corrected chi connectivity index (χ2v) is 5.57. The van der Waals surface area contributed by atoms with Gasteiger partial charge in [-0.05, 0) is 18.2 Å². The van der Waals surface area contributed by atoms with Gasteiger partial charge in [0.1, 0.15) is 6.04 Å². The van der Waals surface area contributed by atoms with Gasteiger partial charge in [0, 0.05) is 17.6 Å². The van der Waals surface area contributed by atoms with Gasteiger partial charge in [0.05, 0.1) is 17.2 Å². The first-order valence-electron chi connectivity index (χ1n) is 5.37. The van der Waals surface area contributed by atoms with E-state index >= 15 is 0 Å². The maximum atomic E-state index is 11.5. The smallest absolute Gasteiger partial charge is 0.329 e. The van der Waals surface area contributed by atoms with Crippen molar-refractivity contribution in [1.29, 1.82) is 0 Å². The highest BCUT2D eigenvalue weighted by atomic mass is 35.5. The average Bonchev–Trinajstić information content (AvgIpc) is 2.37. The van der Waals surface area contributed by atoms with Crippen LogP contribution in [0.5, 0.6) is 0 Å². The van der Waals surface area contributed by atoms with E-state index in [2.05, 4.69) is 10.1 Å². The Labute approximate surface area is 125 Å². The number of halogens is 2. The van der Waals surface area contributed by atoms with Gasteiger partial charge in [-0.2, -0.15) is 0 Å². The van der Waals surface area contributed by atoms with Gasteiger partial charge in [-0.1, -0.05) is 23.2 Å². The summed E-state index contributed by atoms with van der Waals surface area (Å²) in [6.07, 6.45) is 0. The fourth-order valence-corrected chi connectivity index (χ4v) is 2.61. The van der Waals surface area contributed by atoms with E-state index < -0.39 is 12.0 Å². The maximum absolute atomic E-state index is 11.5. The quantitative estimate of drug-likeness (QED) is 0.669. The van der Waals surface area contributed by atoms with Gasteiger partial charge in [0.25, 0.3) is 0 Å². The van der Waals surface area contributed by atoms with Crippen LogP contribution in [-0.2, 0) is 14.3 Å². The summed E-state index contributed by atoms with van der Waals surface area (Å²) >= 11 is 13.1. The fourth-order valence-electron chi connectivity index (χ4n) is 1.30. The fraction of sp³-hybridized carbons (Fsp3) is 0.333. The van der Waals surface area contributed by atoms with Crippen molar-refractivity contribution >= 4 is 46.8 Å². The molecule has 0 aliphatic heterocycles. The number of ether oxygens (including phenoxy) is 1. The highest BCUT2D eigenvalue weighted by molar-refractivity contribution is 7.99. The number of hydrogen-bond donors (Lipinski definition) is 1. The van der Waals surface area contributed by atoms with Crippen LogP contribution in [0.1, 0.15) is 6.92 Å². The number of amides is 1. The van der Waals surface area contributed by atoms with Crippen molar-refractivity contribution in [3.63, 3.8) is 0 Å². The number of carbonyl (C=O) groups excluding carboxylic acids is 2. The minimum absolute atomic E-state index is 0.287. The second kappa shape index (κ2) is 7.62. The summed E-state index contributed by atoms with van der Waals surface area (Å²) in [6.45, 7) is 1.35. The van der Waals surface area contributed by atoms with Crippen molar-refractivity contribution < 1.29 is 14.3 Å². The lowest BCUT2D eigenvalue weighted by Crippen LogP contribution is -2.42. The summed E-state index contributed by atoms with van der Waals surface area (Å²) in [5, 5.41) is 3.45. The molecule has 0 saturated carbocycles. The Morgan fingerprint density at radius 1 is 1.37 bits per heavy atom. The van der Waals surface area contributed by atoms with Crippen LogP contribution in [0.3, 0.4) is 0 Å². The van der Waals surface area contributed by atoms with Gasteiger partial charge < -0.3 is 10.1 Å². The van der Waals surface area contributed by atoms with Crippen LogP contribution in [0.15, 0.2) is 23.1 Å². The summed E-state index contributed by atoms with van der Waals surface area (Å²) in [6, 6.07) is 4.48. The van der Waals surface area contributed by atoms with Crippen LogP contribution in [0, 0.1) is 0 Å². The maximum Gasteiger partial charge on any atom is 0.329 e. The van der Waals surface area contributed by atoms with E-state index in [0.29, 0.717) is 15.8 Å². The largest absolute Gasteiger partial charge is 0.467 e. The number of methoxy groups -OCH3 is 1. The van der Waals surface area contributed by atoms with Crippen molar-refractivity contribution in [2.75, 3.05) is 12.9 Å². The molecule has 0 spiro atoms. The number of hydrogen-bond acceptors (Lipinski definition) is 4. The molecule has 0 aromatic heterocycles. The number of esters is 1. The molecule has 1 amide bonds. The molecule has 0 aliphatic rings. The van der Waals surface area contributed by atoms with Crippen molar-refractivity contribution in [2.45, 2.75) is 17.9 Å². The third-order valence-electron chi connectivity index (χ3n) is 2.17. The predicted octanol–water partition coefficient (Wildman–Crippen LogP) is 2.76. The first-order chi connectivity index (χ1) is 8.93. The Bertz CT molecular complexity index is 482. The van der Waals surface area contributed by atoms with Crippen LogP contribution in [0.2, 0.25) is 10.0 Å². The Balaban J connectivity index is 2.67. The van der Waals surface area contributed by atoms with Crippen LogP contribution >= 0.6 is 35.0 Å². The van der Waals surface area contributed by atoms with Crippen LogP contribution in [0.4, 0.5) is 0 Å². The third kappa shape index (κ3) is 5.30. The Morgan fingerprint density at radius 3 is 2.58 bits per heavy atom. The average molecular weight is 322 g/mol. The summed E-state index contributed by atoms with van der Waals surface area (Å²) in [7, 11) is 1.28. The molecule has 1 rings (SSSR count). The number of benzene rings is 1.